The molecule has 1 aliphatic rings. The van der Waals surface area contributed by atoms with Crippen molar-refractivity contribution in [1.29, 1.82) is 0 Å². The molecule has 3 heterocycles. The smallest absolute Gasteiger partial charge is 0.132 e. The molecule has 0 amide bonds. The Labute approximate surface area is 106 Å². The third-order valence-corrected chi connectivity index (χ3v) is 3.30. The lowest BCUT2D eigenvalue weighted by Gasteiger charge is -2.17. The second-order valence-corrected chi connectivity index (χ2v) is 4.58. The summed E-state index contributed by atoms with van der Waals surface area (Å²) >= 11 is 0. The van der Waals surface area contributed by atoms with Crippen molar-refractivity contribution in [1.82, 2.24) is 19.9 Å². The van der Waals surface area contributed by atoms with Crippen molar-refractivity contribution in [3.05, 3.63) is 42.4 Å². The molecule has 2 aromatic heterocycles. The van der Waals surface area contributed by atoms with E-state index in [2.05, 4.69) is 24.8 Å². The Bertz CT molecular complexity index is 528. The molecule has 3 rings (SSSR count). The first-order valence-electron chi connectivity index (χ1n) is 6.12. The minimum Gasteiger partial charge on any atom is -0.356 e. The van der Waals surface area contributed by atoms with Crippen molar-refractivity contribution in [3.8, 4) is 0 Å². The molecule has 92 valence electrons. The van der Waals surface area contributed by atoms with Gasteiger partial charge in [0.1, 0.15) is 12.1 Å². The molecular weight excluding hydrogens is 226 g/mol. The van der Waals surface area contributed by atoms with E-state index in [-0.39, 0.29) is 0 Å². The van der Waals surface area contributed by atoms with Crippen LogP contribution in [0.4, 0.5) is 5.82 Å². The molecule has 0 aliphatic carbocycles. The molecule has 1 fully saturated rings. The molecule has 1 aliphatic heterocycles. The molecule has 5 nitrogen and oxygen atoms in total. The van der Waals surface area contributed by atoms with E-state index in [0.29, 0.717) is 5.92 Å². The molecule has 1 unspecified atom stereocenters. The van der Waals surface area contributed by atoms with Crippen LogP contribution in [-0.2, 0) is 0 Å². The Morgan fingerprint density at radius 1 is 1.22 bits per heavy atom. The van der Waals surface area contributed by atoms with Crippen LogP contribution in [0, 0.1) is 6.92 Å². The Morgan fingerprint density at radius 3 is 2.94 bits per heavy atom. The van der Waals surface area contributed by atoms with Gasteiger partial charge in [0, 0.05) is 49.4 Å². The fourth-order valence-electron chi connectivity index (χ4n) is 2.34. The molecule has 0 radical (unpaired) electrons. The van der Waals surface area contributed by atoms with Crippen molar-refractivity contribution in [2.45, 2.75) is 19.3 Å². The van der Waals surface area contributed by atoms with E-state index in [4.69, 9.17) is 0 Å². The van der Waals surface area contributed by atoms with Gasteiger partial charge in [-0.15, -0.1) is 0 Å². The van der Waals surface area contributed by atoms with E-state index in [1.54, 1.807) is 18.7 Å². The first-order valence-corrected chi connectivity index (χ1v) is 6.12. The lowest BCUT2D eigenvalue weighted by molar-refractivity contribution is 0.737. The Morgan fingerprint density at radius 2 is 2.17 bits per heavy atom. The molecule has 2 aromatic rings. The summed E-state index contributed by atoms with van der Waals surface area (Å²) < 4.78 is 0. The van der Waals surface area contributed by atoms with Crippen LogP contribution in [0.5, 0.6) is 0 Å². The lowest BCUT2D eigenvalue weighted by Crippen LogP contribution is -2.20. The zero-order valence-corrected chi connectivity index (χ0v) is 10.3. The van der Waals surface area contributed by atoms with E-state index in [1.807, 2.05) is 19.2 Å². The topological polar surface area (TPSA) is 54.8 Å². The zero-order valence-electron chi connectivity index (χ0n) is 10.3. The van der Waals surface area contributed by atoms with Gasteiger partial charge in [-0.25, -0.2) is 9.97 Å². The summed E-state index contributed by atoms with van der Waals surface area (Å²) in [7, 11) is 0. The van der Waals surface area contributed by atoms with Gasteiger partial charge in [0.2, 0.25) is 0 Å². The van der Waals surface area contributed by atoms with Gasteiger partial charge in [-0.05, 0) is 13.3 Å². The summed E-state index contributed by atoms with van der Waals surface area (Å²) in [6.07, 6.45) is 8.05. The van der Waals surface area contributed by atoms with E-state index in [0.717, 1.165) is 36.7 Å². The highest BCUT2D eigenvalue weighted by molar-refractivity contribution is 5.41. The van der Waals surface area contributed by atoms with Crippen molar-refractivity contribution in [3.63, 3.8) is 0 Å². The van der Waals surface area contributed by atoms with E-state index in [1.165, 1.54) is 0 Å². The second-order valence-electron chi connectivity index (χ2n) is 4.58. The fraction of sp³-hybridized carbons (Fsp3) is 0.385. The van der Waals surface area contributed by atoms with Gasteiger partial charge in [0.25, 0.3) is 0 Å². The number of hydrogen-bond donors (Lipinski definition) is 0. The van der Waals surface area contributed by atoms with Crippen LogP contribution in [0.15, 0.2) is 31.0 Å². The van der Waals surface area contributed by atoms with Crippen LogP contribution < -0.4 is 4.90 Å². The van der Waals surface area contributed by atoms with Crippen LogP contribution in [0.2, 0.25) is 0 Å². The van der Waals surface area contributed by atoms with Gasteiger partial charge in [0.15, 0.2) is 0 Å². The first-order chi connectivity index (χ1) is 8.83. The minimum absolute atomic E-state index is 0.453. The number of nitrogens with zero attached hydrogens (tertiary/aromatic N) is 5. The predicted octanol–water partition coefficient (Wildman–Crippen LogP) is 1.57. The zero-order chi connectivity index (χ0) is 12.4. The molecular formula is C13H15N5. The van der Waals surface area contributed by atoms with Crippen molar-refractivity contribution in [2.75, 3.05) is 18.0 Å². The van der Waals surface area contributed by atoms with Gasteiger partial charge in [-0.1, -0.05) is 0 Å². The van der Waals surface area contributed by atoms with Crippen molar-refractivity contribution in [2.24, 2.45) is 0 Å². The molecule has 0 N–H and O–H groups in total. The lowest BCUT2D eigenvalue weighted by atomic mass is 10.1. The number of aromatic nitrogens is 4. The maximum Gasteiger partial charge on any atom is 0.132 e. The summed E-state index contributed by atoms with van der Waals surface area (Å²) in [5, 5.41) is 0. The van der Waals surface area contributed by atoms with Crippen LogP contribution >= 0.6 is 0 Å². The van der Waals surface area contributed by atoms with E-state index >= 15 is 0 Å². The molecule has 5 heteroatoms. The van der Waals surface area contributed by atoms with Gasteiger partial charge in [0.05, 0.1) is 5.69 Å². The molecule has 0 aromatic carbocycles. The number of rotatable bonds is 2. The summed E-state index contributed by atoms with van der Waals surface area (Å²) in [5.41, 5.74) is 2.08. The highest BCUT2D eigenvalue weighted by Crippen LogP contribution is 2.28. The Hall–Kier alpha value is -2.04. The summed E-state index contributed by atoms with van der Waals surface area (Å²) in [6, 6.07) is 2.03. The quantitative estimate of drug-likeness (QED) is 0.798. The van der Waals surface area contributed by atoms with Crippen LogP contribution in [0.1, 0.15) is 23.7 Å². The maximum absolute atomic E-state index is 4.38. The standard InChI is InChI=1S/C13H15N5/c1-10-6-13(17-9-16-10)18-5-2-11(8-18)12-7-14-3-4-15-12/h3-4,6-7,9,11H,2,5,8H2,1H3. The highest BCUT2D eigenvalue weighted by Gasteiger charge is 2.25. The Balaban J connectivity index is 1.76. The van der Waals surface area contributed by atoms with E-state index in [9.17, 15) is 0 Å². The molecule has 0 bridgehead atoms. The van der Waals surface area contributed by atoms with Gasteiger partial charge in [-0.3, -0.25) is 9.97 Å². The maximum atomic E-state index is 4.38. The van der Waals surface area contributed by atoms with Gasteiger partial charge in [-0.2, -0.15) is 0 Å². The average molecular weight is 241 g/mol. The molecule has 0 spiro atoms. The highest BCUT2D eigenvalue weighted by atomic mass is 15.2. The monoisotopic (exact) mass is 241 g/mol. The molecule has 18 heavy (non-hydrogen) atoms. The third kappa shape index (κ3) is 2.16. The summed E-state index contributed by atoms with van der Waals surface area (Å²) in [4.78, 5) is 19.3. The normalized spacial score (nSPS) is 19.2. The van der Waals surface area contributed by atoms with Crippen molar-refractivity contribution >= 4 is 5.82 Å². The van der Waals surface area contributed by atoms with Gasteiger partial charge >= 0.3 is 0 Å². The van der Waals surface area contributed by atoms with Gasteiger partial charge < -0.3 is 4.90 Å². The van der Waals surface area contributed by atoms with Crippen LogP contribution in [0.25, 0.3) is 0 Å². The molecule has 1 atom stereocenters. The average Bonchev–Trinajstić information content (AvgIpc) is 2.89. The van der Waals surface area contributed by atoms with Crippen LogP contribution in [-0.4, -0.2) is 33.0 Å². The summed E-state index contributed by atoms with van der Waals surface area (Å²) in [6.45, 7) is 3.95. The fourth-order valence-corrected chi connectivity index (χ4v) is 2.34. The SMILES string of the molecule is Cc1cc(N2CCC(c3cnccn3)C2)ncn1. The Kier molecular flexibility index (Phi) is 2.88. The van der Waals surface area contributed by atoms with Crippen LogP contribution in [0.3, 0.4) is 0 Å². The van der Waals surface area contributed by atoms with Crippen molar-refractivity contribution < 1.29 is 0 Å². The predicted molar refractivity (Wildman–Crippen MR) is 68.4 cm³/mol. The third-order valence-electron chi connectivity index (χ3n) is 3.30. The molecule has 1 saturated heterocycles. The summed E-state index contributed by atoms with van der Waals surface area (Å²) in [5.74, 6) is 1.46. The second kappa shape index (κ2) is 4.68. The number of hydrogen-bond acceptors (Lipinski definition) is 5. The minimum atomic E-state index is 0.453. The number of aryl methyl sites for hydroxylation is 1. The van der Waals surface area contributed by atoms with E-state index < -0.39 is 0 Å². The first kappa shape index (κ1) is 11.1. The molecule has 0 saturated carbocycles. The number of anilines is 1. The largest absolute Gasteiger partial charge is 0.356 e.